The molecule has 2 N–H and O–H groups in total. The van der Waals surface area contributed by atoms with Crippen LogP contribution < -0.4 is 10.6 Å². The number of anilines is 1. The van der Waals surface area contributed by atoms with E-state index in [9.17, 15) is 0 Å². The molecule has 1 aromatic carbocycles. The van der Waals surface area contributed by atoms with Gasteiger partial charge in [0.2, 0.25) is 0 Å². The molecule has 114 valence electrons. The van der Waals surface area contributed by atoms with Crippen LogP contribution in [0.25, 0.3) is 0 Å². The van der Waals surface area contributed by atoms with Crippen LogP contribution in [0.4, 0.5) is 5.69 Å². The van der Waals surface area contributed by atoms with Gasteiger partial charge in [0, 0.05) is 28.1 Å². The van der Waals surface area contributed by atoms with E-state index in [2.05, 4.69) is 59.1 Å². The molecular weight excluding hydrogens is 368 g/mol. The Morgan fingerprint density at radius 1 is 1.33 bits per heavy atom. The molecule has 2 rings (SSSR count). The fraction of sp³-hybridized carbons (Fsp3) is 0.375. The fourth-order valence-electron chi connectivity index (χ4n) is 2.27. The Morgan fingerprint density at radius 2 is 2.10 bits per heavy atom. The zero-order chi connectivity index (χ0) is 15.4. The zero-order valence-electron chi connectivity index (χ0n) is 12.3. The maximum atomic E-state index is 6.13. The van der Waals surface area contributed by atoms with Gasteiger partial charge in [-0.05, 0) is 48.7 Å². The predicted octanol–water partition coefficient (Wildman–Crippen LogP) is 5.08. The van der Waals surface area contributed by atoms with Crippen molar-refractivity contribution in [3.05, 3.63) is 49.6 Å². The van der Waals surface area contributed by atoms with E-state index in [0.29, 0.717) is 0 Å². The number of benzene rings is 1. The van der Waals surface area contributed by atoms with Crippen LogP contribution in [0.5, 0.6) is 0 Å². The van der Waals surface area contributed by atoms with E-state index in [-0.39, 0.29) is 6.04 Å². The molecule has 0 saturated heterocycles. The van der Waals surface area contributed by atoms with Gasteiger partial charge in [-0.2, -0.15) is 0 Å². The third kappa shape index (κ3) is 4.71. The van der Waals surface area contributed by atoms with Crippen molar-refractivity contribution in [2.24, 2.45) is 5.73 Å². The van der Waals surface area contributed by atoms with Crippen LogP contribution in [0.3, 0.4) is 0 Å². The van der Waals surface area contributed by atoms with E-state index >= 15 is 0 Å². The zero-order valence-corrected chi connectivity index (χ0v) is 15.4. The monoisotopic (exact) mass is 386 g/mol. The Balaban J connectivity index is 2.20. The molecule has 0 bridgehead atoms. The second-order valence-electron chi connectivity index (χ2n) is 5.21. The summed E-state index contributed by atoms with van der Waals surface area (Å²) in [5, 5.41) is 0. The van der Waals surface area contributed by atoms with Gasteiger partial charge in [0.05, 0.1) is 10.9 Å². The summed E-state index contributed by atoms with van der Waals surface area (Å²) in [5.74, 6) is 0. The lowest BCUT2D eigenvalue weighted by Gasteiger charge is -2.23. The Hall–Kier alpha value is -0.550. The van der Waals surface area contributed by atoms with Gasteiger partial charge in [0.1, 0.15) is 0 Å². The van der Waals surface area contributed by atoms with Crippen LogP contribution in [-0.4, -0.2) is 13.1 Å². The summed E-state index contributed by atoms with van der Waals surface area (Å²) < 4.78 is 1.93. The fourth-order valence-corrected chi connectivity index (χ4v) is 3.82. The smallest absolute Gasteiger partial charge is 0.0931 e. The van der Waals surface area contributed by atoms with Crippen LogP contribution >= 0.6 is 38.9 Å². The molecule has 2 nitrogen and oxygen atoms in total. The molecule has 0 aliphatic rings. The van der Waals surface area contributed by atoms with Crippen LogP contribution in [-0.2, 0) is 13.0 Å². The van der Waals surface area contributed by atoms with Crippen molar-refractivity contribution in [1.82, 2.24) is 0 Å². The van der Waals surface area contributed by atoms with E-state index in [1.807, 2.05) is 6.07 Å². The average Bonchev–Trinajstić information content (AvgIpc) is 2.84. The SMILES string of the molecule is CCC(N)Cc1cc(Br)ccc1N(C)Cc1ccc(Cl)s1. The first-order chi connectivity index (χ1) is 9.99. The Bertz CT molecular complexity index is 600. The maximum Gasteiger partial charge on any atom is 0.0931 e. The molecule has 21 heavy (non-hydrogen) atoms. The number of nitrogens with two attached hydrogens (primary N) is 1. The first-order valence-corrected chi connectivity index (χ1v) is 8.97. The molecular formula is C16H20BrClN2S. The van der Waals surface area contributed by atoms with Gasteiger partial charge in [-0.3, -0.25) is 0 Å². The second kappa shape index (κ2) is 7.63. The van der Waals surface area contributed by atoms with E-state index in [4.69, 9.17) is 17.3 Å². The predicted molar refractivity (Wildman–Crippen MR) is 97.5 cm³/mol. The molecule has 0 saturated carbocycles. The summed E-state index contributed by atoms with van der Waals surface area (Å²) in [6.07, 6.45) is 1.87. The number of rotatable bonds is 6. The van der Waals surface area contributed by atoms with Crippen molar-refractivity contribution < 1.29 is 0 Å². The molecule has 0 amide bonds. The Morgan fingerprint density at radius 3 is 2.71 bits per heavy atom. The molecule has 1 aromatic heterocycles. The molecule has 1 heterocycles. The lowest BCUT2D eigenvalue weighted by atomic mass is 10.0. The quantitative estimate of drug-likeness (QED) is 0.749. The highest BCUT2D eigenvalue weighted by Gasteiger charge is 2.12. The number of thiophene rings is 1. The van der Waals surface area contributed by atoms with Gasteiger partial charge in [-0.1, -0.05) is 34.5 Å². The normalized spacial score (nSPS) is 12.4. The van der Waals surface area contributed by atoms with Crippen molar-refractivity contribution >= 4 is 44.6 Å². The van der Waals surface area contributed by atoms with E-state index in [0.717, 1.165) is 28.2 Å². The average molecular weight is 388 g/mol. The Labute approximate surface area is 144 Å². The van der Waals surface area contributed by atoms with Gasteiger partial charge >= 0.3 is 0 Å². The van der Waals surface area contributed by atoms with Gasteiger partial charge in [-0.15, -0.1) is 11.3 Å². The van der Waals surface area contributed by atoms with Crippen LogP contribution in [0.1, 0.15) is 23.8 Å². The molecule has 5 heteroatoms. The third-order valence-corrected chi connectivity index (χ3v) is 5.19. The number of halogens is 2. The summed E-state index contributed by atoms with van der Waals surface area (Å²) in [5.41, 5.74) is 8.64. The molecule has 0 aliphatic carbocycles. The number of nitrogens with zero attached hydrogens (tertiary/aromatic N) is 1. The van der Waals surface area contributed by atoms with E-state index in [1.165, 1.54) is 16.1 Å². The van der Waals surface area contributed by atoms with E-state index < -0.39 is 0 Å². The molecule has 0 radical (unpaired) electrons. The van der Waals surface area contributed by atoms with Gasteiger partial charge < -0.3 is 10.6 Å². The second-order valence-corrected chi connectivity index (χ2v) is 7.92. The van der Waals surface area contributed by atoms with Crippen molar-refractivity contribution in [3.8, 4) is 0 Å². The minimum Gasteiger partial charge on any atom is -0.369 e. The lowest BCUT2D eigenvalue weighted by molar-refractivity contribution is 0.645. The van der Waals surface area contributed by atoms with Crippen molar-refractivity contribution in [2.45, 2.75) is 32.4 Å². The molecule has 1 atom stereocenters. The summed E-state index contributed by atoms with van der Waals surface area (Å²) in [6, 6.07) is 10.6. The third-order valence-electron chi connectivity index (χ3n) is 3.48. The summed E-state index contributed by atoms with van der Waals surface area (Å²) in [6.45, 7) is 2.98. The van der Waals surface area contributed by atoms with Crippen LogP contribution in [0, 0.1) is 0 Å². The number of hydrogen-bond donors (Lipinski definition) is 1. The van der Waals surface area contributed by atoms with Gasteiger partial charge in [-0.25, -0.2) is 0 Å². The minimum atomic E-state index is 0.197. The highest BCUT2D eigenvalue weighted by molar-refractivity contribution is 9.10. The van der Waals surface area contributed by atoms with Crippen LogP contribution in [0.15, 0.2) is 34.8 Å². The minimum absolute atomic E-state index is 0.197. The standard InChI is InChI=1S/C16H20BrClN2S/c1-3-13(19)9-11-8-12(17)4-6-15(11)20(2)10-14-5-7-16(18)21-14/h4-8,13H,3,9-10,19H2,1-2H3. The first-order valence-electron chi connectivity index (χ1n) is 6.99. The van der Waals surface area contributed by atoms with Crippen molar-refractivity contribution in [2.75, 3.05) is 11.9 Å². The van der Waals surface area contributed by atoms with Crippen LogP contribution in [0.2, 0.25) is 4.34 Å². The van der Waals surface area contributed by atoms with Crippen molar-refractivity contribution in [1.29, 1.82) is 0 Å². The molecule has 0 fully saturated rings. The lowest BCUT2D eigenvalue weighted by Crippen LogP contribution is -2.24. The van der Waals surface area contributed by atoms with Crippen molar-refractivity contribution in [3.63, 3.8) is 0 Å². The maximum absolute atomic E-state index is 6.13. The summed E-state index contributed by atoms with van der Waals surface area (Å²) >= 11 is 11.2. The molecule has 1 unspecified atom stereocenters. The molecule has 0 spiro atoms. The Kier molecular flexibility index (Phi) is 6.11. The topological polar surface area (TPSA) is 29.3 Å². The molecule has 0 aliphatic heterocycles. The number of hydrogen-bond acceptors (Lipinski definition) is 3. The summed E-state index contributed by atoms with van der Waals surface area (Å²) in [4.78, 5) is 3.52. The largest absolute Gasteiger partial charge is 0.369 e. The van der Waals surface area contributed by atoms with Gasteiger partial charge in [0.15, 0.2) is 0 Å². The molecule has 2 aromatic rings. The highest BCUT2D eigenvalue weighted by atomic mass is 79.9. The highest BCUT2D eigenvalue weighted by Crippen LogP contribution is 2.28. The first kappa shape index (κ1) is 16.8. The van der Waals surface area contributed by atoms with E-state index in [1.54, 1.807) is 11.3 Å². The summed E-state index contributed by atoms with van der Waals surface area (Å²) in [7, 11) is 2.11. The van der Waals surface area contributed by atoms with Gasteiger partial charge in [0.25, 0.3) is 0 Å².